The minimum atomic E-state index is 0.440. The normalized spacial score (nSPS) is 20.6. The molecule has 1 fully saturated rings. The van der Waals surface area contributed by atoms with E-state index in [0.29, 0.717) is 12.1 Å². The maximum Gasteiger partial charge on any atom is 0.0294 e. The van der Waals surface area contributed by atoms with E-state index in [1.807, 2.05) is 0 Å². The standard InChI is InChI=1S/C16H24BrN/c1-12(14-6-4-3-5-7-14)18-13(2)15-8-10-16(17)11-9-15/h8-14,18H,3-7H2,1-2H3. The van der Waals surface area contributed by atoms with Gasteiger partial charge in [0, 0.05) is 16.6 Å². The number of benzene rings is 1. The van der Waals surface area contributed by atoms with E-state index in [2.05, 4.69) is 59.4 Å². The molecule has 1 aromatic rings. The minimum absolute atomic E-state index is 0.440. The van der Waals surface area contributed by atoms with Gasteiger partial charge in [0.1, 0.15) is 0 Å². The Morgan fingerprint density at radius 3 is 2.28 bits per heavy atom. The van der Waals surface area contributed by atoms with Crippen molar-refractivity contribution in [2.75, 3.05) is 0 Å². The van der Waals surface area contributed by atoms with Gasteiger partial charge in [-0.15, -0.1) is 0 Å². The van der Waals surface area contributed by atoms with E-state index >= 15 is 0 Å². The van der Waals surface area contributed by atoms with Crippen molar-refractivity contribution in [3.8, 4) is 0 Å². The second-order valence-corrected chi connectivity index (χ2v) is 6.54. The van der Waals surface area contributed by atoms with Crippen LogP contribution in [0.25, 0.3) is 0 Å². The fourth-order valence-electron chi connectivity index (χ4n) is 3.01. The van der Waals surface area contributed by atoms with Gasteiger partial charge in [-0.25, -0.2) is 0 Å². The van der Waals surface area contributed by atoms with Crippen molar-refractivity contribution >= 4 is 15.9 Å². The second kappa shape index (κ2) is 6.72. The summed E-state index contributed by atoms with van der Waals surface area (Å²) in [5.41, 5.74) is 1.38. The summed E-state index contributed by atoms with van der Waals surface area (Å²) in [5.74, 6) is 0.872. The lowest BCUT2D eigenvalue weighted by Gasteiger charge is -2.30. The third-order valence-corrected chi connectivity index (χ3v) is 4.77. The number of hydrogen-bond acceptors (Lipinski definition) is 1. The van der Waals surface area contributed by atoms with Crippen molar-refractivity contribution < 1.29 is 0 Å². The largest absolute Gasteiger partial charge is 0.307 e. The molecule has 1 N–H and O–H groups in total. The molecule has 2 atom stereocenters. The number of rotatable bonds is 4. The van der Waals surface area contributed by atoms with Crippen LogP contribution in [0.3, 0.4) is 0 Å². The average Bonchev–Trinajstić information content (AvgIpc) is 2.40. The zero-order chi connectivity index (χ0) is 13.0. The molecule has 0 saturated heterocycles. The van der Waals surface area contributed by atoms with Gasteiger partial charge in [-0.2, -0.15) is 0 Å². The number of halogens is 1. The highest BCUT2D eigenvalue weighted by Gasteiger charge is 2.21. The van der Waals surface area contributed by atoms with E-state index in [9.17, 15) is 0 Å². The monoisotopic (exact) mass is 309 g/mol. The Bertz CT molecular complexity index is 354. The molecule has 0 radical (unpaired) electrons. The van der Waals surface area contributed by atoms with Gasteiger partial charge in [0.2, 0.25) is 0 Å². The fourth-order valence-corrected chi connectivity index (χ4v) is 3.28. The summed E-state index contributed by atoms with van der Waals surface area (Å²) >= 11 is 3.49. The maximum absolute atomic E-state index is 3.77. The van der Waals surface area contributed by atoms with E-state index in [4.69, 9.17) is 0 Å². The molecule has 1 saturated carbocycles. The van der Waals surface area contributed by atoms with Crippen molar-refractivity contribution in [1.82, 2.24) is 5.32 Å². The quantitative estimate of drug-likeness (QED) is 0.819. The molecule has 100 valence electrons. The van der Waals surface area contributed by atoms with Gasteiger partial charge in [-0.05, 0) is 50.3 Å². The summed E-state index contributed by atoms with van der Waals surface area (Å²) < 4.78 is 1.15. The molecule has 2 rings (SSSR count). The Morgan fingerprint density at radius 2 is 1.67 bits per heavy atom. The van der Waals surface area contributed by atoms with Crippen molar-refractivity contribution in [3.05, 3.63) is 34.3 Å². The van der Waals surface area contributed by atoms with E-state index in [-0.39, 0.29) is 0 Å². The zero-order valence-corrected chi connectivity index (χ0v) is 13.0. The van der Waals surface area contributed by atoms with Crippen LogP contribution in [0.1, 0.15) is 57.6 Å². The molecule has 0 spiro atoms. The van der Waals surface area contributed by atoms with E-state index in [0.717, 1.165) is 10.4 Å². The molecule has 2 heteroatoms. The van der Waals surface area contributed by atoms with Crippen LogP contribution in [0.15, 0.2) is 28.7 Å². The van der Waals surface area contributed by atoms with E-state index in [1.165, 1.54) is 37.7 Å². The molecule has 0 amide bonds. The van der Waals surface area contributed by atoms with Gasteiger partial charge in [0.15, 0.2) is 0 Å². The third kappa shape index (κ3) is 3.83. The van der Waals surface area contributed by atoms with Crippen LogP contribution >= 0.6 is 15.9 Å². The summed E-state index contributed by atoms with van der Waals surface area (Å²) in [6.45, 7) is 4.62. The Morgan fingerprint density at radius 1 is 1.06 bits per heavy atom. The average molecular weight is 310 g/mol. The predicted octanol–water partition coefficient (Wildman–Crippen LogP) is 5.07. The maximum atomic E-state index is 3.77. The van der Waals surface area contributed by atoms with Gasteiger partial charge in [-0.1, -0.05) is 47.3 Å². The first-order valence-corrected chi connectivity index (χ1v) is 7.97. The highest BCUT2D eigenvalue weighted by atomic mass is 79.9. The second-order valence-electron chi connectivity index (χ2n) is 5.63. The van der Waals surface area contributed by atoms with Crippen molar-refractivity contribution in [2.45, 2.75) is 58.0 Å². The van der Waals surface area contributed by atoms with Crippen LogP contribution in [-0.4, -0.2) is 6.04 Å². The molecule has 2 unspecified atom stereocenters. The lowest BCUT2D eigenvalue weighted by atomic mass is 9.84. The first-order valence-electron chi connectivity index (χ1n) is 7.18. The number of nitrogens with one attached hydrogen (secondary N) is 1. The van der Waals surface area contributed by atoms with Crippen molar-refractivity contribution in [2.24, 2.45) is 5.92 Å². The molecule has 0 heterocycles. The first kappa shape index (κ1) is 14.1. The van der Waals surface area contributed by atoms with Crippen molar-refractivity contribution in [1.29, 1.82) is 0 Å². The molecular formula is C16H24BrN. The molecule has 18 heavy (non-hydrogen) atoms. The van der Waals surface area contributed by atoms with Gasteiger partial charge < -0.3 is 5.32 Å². The molecule has 1 nitrogen and oxygen atoms in total. The summed E-state index contributed by atoms with van der Waals surface area (Å²) in [6, 6.07) is 9.72. The Kier molecular flexibility index (Phi) is 5.25. The van der Waals surface area contributed by atoms with Crippen molar-refractivity contribution in [3.63, 3.8) is 0 Å². The Balaban J connectivity index is 1.89. The molecule has 1 aliphatic carbocycles. The van der Waals surface area contributed by atoms with Crippen LogP contribution in [0.5, 0.6) is 0 Å². The summed E-state index contributed by atoms with van der Waals surface area (Å²) in [7, 11) is 0. The SMILES string of the molecule is CC(NC(C)C1CCCCC1)c1ccc(Br)cc1. The topological polar surface area (TPSA) is 12.0 Å². The van der Waals surface area contributed by atoms with Crippen LogP contribution < -0.4 is 5.32 Å². The highest BCUT2D eigenvalue weighted by Crippen LogP contribution is 2.27. The lowest BCUT2D eigenvalue weighted by molar-refractivity contribution is 0.268. The fraction of sp³-hybridized carbons (Fsp3) is 0.625. The molecule has 0 aromatic heterocycles. The summed E-state index contributed by atoms with van der Waals surface area (Å²) in [5, 5.41) is 3.77. The summed E-state index contributed by atoms with van der Waals surface area (Å²) in [4.78, 5) is 0. The Labute approximate surface area is 119 Å². The van der Waals surface area contributed by atoms with Crippen LogP contribution in [-0.2, 0) is 0 Å². The van der Waals surface area contributed by atoms with Gasteiger partial charge >= 0.3 is 0 Å². The number of hydrogen-bond donors (Lipinski definition) is 1. The molecular weight excluding hydrogens is 286 g/mol. The van der Waals surface area contributed by atoms with Gasteiger partial charge in [0.05, 0.1) is 0 Å². The van der Waals surface area contributed by atoms with Crippen LogP contribution in [0.4, 0.5) is 0 Å². The van der Waals surface area contributed by atoms with Crippen LogP contribution in [0.2, 0.25) is 0 Å². The van der Waals surface area contributed by atoms with Crippen LogP contribution in [0, 0.1) is 5.92 Å². The summed E-state index contributed by atoms with van der Waals surface area (Å²) in [6.07, 6.45) is 7.08. The smallest absolute Gasteiger partial charge is 0.0294 e. The minimum Gasteiger partial charge on any atom is -0.307 e. The molecule has 0 bridgehead atoms. The molecule has 0 aliphatic heterocycles. The predicted molar refractivity (Wildman–Crippen MR) is 81.7 cm³/mol. The van der Waals surface area contributed by atoms with Gasteiger partial charge in [0.25, 0.3) is 0 Å². The first-order chi connectivity index (χ1) is 8.66. The zero-order valence-electron chi connectivity index (χ0n) is 11.5. The van der Waals surface area contributed by atoms with E-state index in [1.54, 1.807) is 0 Å². The highest BCUT2D eigenvalue weighted by molar-refractivity contribution is 9.10. The lowest BCUT2D eigenvalue weighted by Crippen LogP contribution is -2.36. The van der Waals surface area contributed by atoms with Gasteiger partial charge in [-0.3, -0.25) is 0 Å². The third-order valence-electron chi connectivity index (χ3n) is 4.24. The van der Waals surface area contributed by atoms with E-state index < -0.39 is 0 Å². The Hall–Kier alpha value is -0.340. The molecule has 1 aromatic carbocycles. The molecule has 1 aliphatic rings.